The molecule has 1 fully saturated rings. The fraction of sp³-hybridized carbons (Fsp3) is 0.700. The van der Waals surface area contributed by atoms with E-state index in [1.165, 1.54) is 0 Å². The quantitative estimate of drug-likeness (QED) is 0.499. The van der Waals surface area contributed by atoms with Crippen LogP contribution in [0.4, 0.5) is 0 Å². The molecule has 1 aliphatic rings. The van der Waals surface area contributed by atoms with Gasteiger partial charge in [0.15, 0.2) is 0 Å². The van der Waals surface area contributed by atoms with Crippen molar-refractivity contribution in [1.29, 1.82) is 0 Å². The molecule has 0 saturated carbocycles. The SMILES string of the molecule is C/C(CS)=C(\C(=O)O)N1C(C)[C@H](C)C1O. The topological polar surface area (TPSA) is 60.8 Å². The summed E-state index contributed by atoms with van der Waals surface area (Å²) in [5, 5.41) is 18.8. The molecule has 1 heterocycles. The van der Waals surface area contributed by atoms with E-state index < -0.39 is 12.2 Å². The van der Waals surface area contributed by atoms with Gasteiger partial charge in [-0.15, -0.1) is 0 Å². The van der Waals surface area contributed by atoms with Crippen LogP contribution in [0.25, 0.3) is 0 Å². The second kappa shape index (κ2) is 4.45. The average molecular weight is 231 g/mol. The van der Waals surface area contributed by atoms with Crippen LogP contribution in [0.2, 0.25) is 0 Å². The van der Waals surface area contributed by atoms with Gasteiger partial charge in [-0.1, -0.05) is 6.92 Å². The third-order valence-corrected chi connectivity index (χ3v) is 3.53. The minimum absolute atomic E-state index is 0.0564. The third kappa shape index (κ3) is 1.99. The number of aliphatic hydroxyl groups excluding tert-OH is 1. The summed E-state index contributed by atoms with van der Waals surface area (Å²) in [6.45, 7) is 5.53. The Labute approximate surface area is 95.0 Å². The van der Waals surface area contributed by atoms with E-state index in [4.69, 9.17) is 5.11 Å². The molecule has 0 amide bonds. The second-order valence-electron chi connectivity index (χ2n) is 4.01. The zero-order valence-electron chi connectivity index (χ0n) is 9.14. The number of aliphatic hydroxyl groups is 1. The summed E-state index contributed by atoms with van der Waals surface area (Å²) in [5.74, 6) is -0.516. The van der Waals surface area contributed by atoms with Gasteiger partial charge < -0.3 is 15.1 Å². The maximum absolute atomic E-state index is 11.1. The molecule has 1 aliphatic heterocycles. The van der Waals surface area contributed by atoms with E-state index in [0.29, 0.717) is 11.3 Å². The summed E-state index contributed by atoms with van der Waals surface area (Å²) in [5.41, 5.74) is 0.853. The highest BCUT2D eigenvalue weighted by atomic mass is 32.1. The van der Waals surface area contributed by atoms with Crippen LogP contribution in [0.1, 0.15) is 20.8 Å². The highest BCUT2D eigenvalue weighted by molar-refractivity contribution is 7.80. The Hall–Kier alpha value is -0.680. The van der Waals surface area contributed by atoms with E-state index in [1.54, 1.807) is 11.8 Å². The highest BCUT2D eigenvalue weighted by Crippen LogP contribution is 2.35. The number of carboxylic acids is 1. The summed E-state index contributed by atoms with van der Waals surface area (Å²) in [6, 6.07) is 0.0564. The minimum atomic E-state index is -1.00. The fourth-order valence-electron chi connectivity index (χ4n) is 1.82. The predicted molar refractivity (Wildman–Crippen MR) is 60.7 cm³/mol. The molecular formula is C10H17NO3S. The Morgan fingerprint density at radius 3 is 2.33 bits per heavy atom. The van der Waals surface area contributed by atoms with Crippen LogP contribution in [0.15, 0.2) is 11.3 Å². The Morgan fingerprint density at radius 2 is 2.00 bits per heavy atom. The van der Waals surface area contributed by atoms with Crippen molar-refractivity contribution in [3.63, 3.8) is 0 Å². The molecule has 0 aromatic heterocycles. The van der Waals surface area contributed by atoms with Crippen molar-refractivity contribution in [3.8, 4) is 0 Å². The summed E-state index contributed by atoms with van der Waals surface area (Å²) >= 11 is 4.06. The number of hydrogen-bond donors (Lipinski definition) is 3. The van der Waals surface area contributed by atoms with Crippen molar-refractivity contribution in [3.05, 3.63) is 11.3 Å². The number of likely N-dealkylation sites (tertiary alicyclic amines) is 1. The van der Waals surface area contributed by atoms with Gasteiger partial charge in [-0.25, -0.2) is 4.79 Å². The van der Waals surface area contributed by atoms with E-state index in [0.717, 1.165) is 0 Å². The van der Waals surface area contributed by atoms with Crippen LogP contribution >= 0.6 is 12.6 Å². The molecule has 15 heavy (non-hydrogen) atoms. The van der Waals surface area contributed by atoms with Gasteiger partial charge >= 0.3 is 5.97 Å². The summed E-state index contributed by atoms with van der Waals surface area (Å²) in [7, 11) is 0. The van der Waals surface area contributed by atoms with Crippen molar-refractivity contribution < 1.29 is 15.0 Å². The van der Waals surface area contributed by atoms with Crippen LogP contribution < -0.4 is 0 Å². The van der Waals surface area contributed by atoms with Gasteiger partial charge in [0.2, 0.25) is 0 Å². The third-order valence-electron chi connectivity index (χ3n) is 3.06. The summed E-state index contributed by atoms with van der Waals surface area (Å²) in [6.07, 6.45) is -0.694. The lowest BCUT2D eigenvalue weighted by molar-refractivity contribution is -0.160. The molecule has 0 aliphatic carbocycles. The summed E-state index contributed by atoms with van der Waals surface area (Å²) in [4.78, 5) is 12.6. The first kappa shape index (κ1) is 12.4. The molecule has 86 valence electrons. The maximum atomic E-state index is 11.1. The zero-order valence-corrected chi connectivity index (χ0v) is 10.0. The summed E-state index contributed by atoms with van der Waals surface area (Å²) < 4.78 is 0. The van der Waals surface area contributed by atoms with Gasteiger partial charge in [0.1, 0.15) is 11.9 Å². The van der Waals surface area contributed by atoms with Gasteiger partial charge in [0, 0.05) is 17.7 Å². The number of carboxylic acid groups (broad SMARTS) is 1. The number of hydrogen-bond acceptors (Lipinski definition) is 4. The molecule has 1 saturated heterocycles. The Morgan fingerprint density at radius 1 is 1.47 bits per heavy atom. The maximum Gasteiger partial charge on any atom is 0.352 e. The lowest BCUT2D eigenvalue weighted by atomic mass is 9.88. The minimum Gasteiger partial charge on any atom is -0.477 e. The van der Waals surface area contributed by atoms with Crippen LogP contribution in [-0.2, 0) is 4.79 Å². The Bertz CT molecular complexity index is 293. The van der Waals surface area contributed by atoms with Crippen molar-refractivity contribution in [2.24, 2.45) is 5.92 Å². The monoisotopic (exact) mass is 231 g/mol. The van der Waals surface area contributed by atoms with E-state index >= 15 is 0 Å². The predicted octanol–water partition coefficient (Wildman–Crippen LogP) is 0.933. The molecule has 4 nitrogen and oxygen atoms in total. The molecule has 2 N–H and O–H groups in total. The lowest BCUT2D eigenvalue weighted by Crippen LogP contribution is -2.61. The number of aliphatic carboxylic acids is 1. The number of nitrogens with zero attached hydrogens (tertiary/aromatic N) is 1. The second-order valence-corrected chi connectivity index (χ2v) is 4.33. The van der Waals surface area contributed by atoms with Gasteiger partial charge in [0.05, 0.1) is 0 Å². The molecule has 5 heteroatoms. The zero-order chi connectivity index (χ0) is 11.7. The lowest BCUT2D eigenvalue weighted by Gasteiger charge is -2.51. The smallest absolute Gasteiger partial charge is 0.352 e. The molecule has 0 spiro atoms. The highest BCUT2D eigenvalue weighted by Gasteiger charge is 2.44. The van der Waals surface area contributed by atoms with Crippen LogP contribution in [0.3, 0.4) is 0 Å². The first-order valence-electron chi connectivity index (χ1n) is 4.92. The van der Waals surface area contributed by atoms with E-state index in [-0.39, 0.29) is 17.7 Å². The normalized spacial score (nSPS) is 32.1. The van der Waals surface area contributed by atoms with Crippen molar-refractivity contribution in [2.75, 3.05) is 5.75 Å². The van der Waals surface area contributed by atoms with E-state index in [2.05, 4.69) is 12.6 Å². The standard InChI is InChI=1S/C10H17NO3S/c1-5(4-15)8(10(13)14)11-7(3)6(2)9(11)12/h6-7,9,12,15H,4H2,1-3H3,(H,13,14)/b8-5-/t6-,7?,9?/m0/s1. The molecule has 0 aromatic rings. The average Bonchev–Trinajstić information content (AvgIpc) is 2.22. The van der Waals surface area contributed by atoms with Gasteiger partial charge in [0.25, 0.3) is 0 Å². The molecular weight excluding hydrogens is 214 g/mol. The largest absolute Gasteiger partial charge is 0.477 e. The number of carbonyl (C=O) groups is 1. The van der Waals surface area contributed by atoms with Gasteiger partial charge in [-0.05, 0) is 19.4 Å². The Kier molecular flexibility index (Phi) is 3.67. The van der Waals surface area contributed by atoms with Crippen molar-refractivity contribution in [2.45, 2.75) is 33.0 Å². The van der Waals surface area contributed by atoms with Crippen LogP contribution in [0.5, 0.6) is 0 Å². The first-order valence-corrected chi connectivity index (χ1v) is 5.55. The fourth-order valence-corrected chi connectivity index (χ4v) is 1.97. The van der Waals surface area contributed by atoms with E-state index in [9.17, 15) is 9.90 Å². The van der Waals surface area contributed by atoms with Crippen molar-refractivity contribution in [1.82, 2.24) is 4.90 Å². The van der Waals surface area contributed by atoms with Gasteiger partial charge in [-0.3, -0.25) is 0 Å². The van der Waals surface area contributed by atoms with Gasteiger partial charge in [-0.2, -0.15) is 12.6 Å². The molecule has 0 aromatic carbocycles. The first-order chi connectivity index (χ1) is 6.91. The molecule has 2 unspecified atom stereocenters. The number of rotatable bonds is 3. The van der Waals surface area contributed by atoms with Crippen LogP contribution in [-0.4, -0.2) is 39.1 Å². The van der Waals surface area contributed by atoms with Crippen molar-refractivity contribution >= 4 is 18.6 Å². The molecule has 0 radical (unpaired) electrons. The molecule has 0 bridgehead atoms. The molecule has 1 rings (SSSR count). The van der Waals surface area contributed by atoms with Crippen LogP contribution in [0, 0.1) is 5.92 Å². The van der Waals surface area contributed by atoms with E-state index in [1.807, 2.05) is 13.8 Å². The molecule has 3 atom stereocenters. The number of thiol groups is 1. The Balaban J connectivity index is 2.98.